The average molecular weight is 267 g/mol. The molecular formula is C15H13ClF2. The van der Waals surface area contributed by atoms with Crippen LogP contribution in [0.15, 0.2) is 36.4 Å². The third-order valence-corrected chi connectivity index (χ3v) is 3.48. The molecule has 0 fully saturated rings. The molecule has 0 heterocycles. The Morgan fingerprint density at radius 2 is 1.56 bits per heavy atom. The van der Waals surface area contributed by atoms with Gasteiger partial charge in [0.25, 0.3) is 0 Å². The zero-order chi connectivity index (χ0) is 13.3. The van der Waals surface area contributed by atoms with Gasteiger partial charge in [-0.15, -0.1) is 11.6 Å². The molecule has 0 aliphatic carbocycles. The maximum Gasteiger partial charge on any atom is 0.131 e. The van der Waals surface area contributed by atoms with Gasteiger partial charge in [-0.3, -0.25) is 0 Å². The van der Waals surface area contributed by atoms with Crippen LogP contribution in [0.25, 0.3) is 0 Å². The van der Waals surface area contributed by atoms with Gasteiger partial charge in [-0.25, -0.2) is 8.78 Å². The van der Waals surface area contributed by atoms with Crippen molar-refractivity contribution < 1.29 is 8.78 Å². The lowest BCUT2D eigenvalue weighted by Crippen LogP contribution is -2.01. The maximum atomic E-state index is 13.8. The molecule has 0 amide bonds. The quantitative estimate of drug-likeness (QED) is 0.678. The number of rotatable bonds is 2. The summed E-state index contributed by atoms with van der Waals surface area (Å²) in [6.07, 6.45) is 0. The average Bonchev–Trinajstić information content (AvgIpc) is 2.33. The Hall–Kier alpha value is -1.41. The summed E-state index contributed by atoms with van der Waals surface area (Å²) < 4.78 is 27.0. The predicted molar refractivity (Wildman–Crippen MR) is 70.0 cm³/mol. The molecule has 2 aromatic carbocycles. The largest absolute Gasteiger partial charge is 0.207 e. The standard InChI is InChI=1S/C15H13ClF2/c1-9-5-3-4-6-11(9)15(16)12-7-10(2)13(17)8-14(12)18/h3-8,15H,1-2H3. The first-order valence-corrected chi connectivity index (χ1v) is 6.09. The summed E-state index contributed by atoms with van der Waals surface area (Å²) in [5.41, 5.74) is 2.53. The molecule has 2 aromatic rings. The van der Waals surface area contributed by atoms with Crippen molar-refractivity contribution in [3.05, 3.63) is 70.3 Å². The van der Waals surface area contributed by atoms with Gasteiger partial charge in [0, 0.05) is 11.6 Å². The minimum absolute atomic E-state index is 0.310. The monoisotopic (exact) mass is 266 g/mol. The lowest BCUT2D eigenvalue weighted by atomic mass is 9.98. The van der Waals surface area contributed by atoms with Crippen LogP contribution in [0.2, 0.25) is 0 Å². The highest BCUT2D eigenvalue weighted by molar-refractivity contribution is 6.22. The van der Waals surface area contributed by atoms with Crippen LogP contribution >= 0.6 is 11.6 Å². The second-order valence-corrected chi connectivity index (χ2v) is 4.78. The second-order valence-electron chi connectivity index (χ2n) is 4.34. The first-order chi connectivity index (χ1) is 8.50. The normalized spacial score (nSPS) is 12.5. The van der Waals surface area contributed by atoms with E-state index in [9.17, 15) is 8.78 Å². The van der Waals surface area contributed by atoms with E-state index in [0.717, 1.165) is 17.2 Å². The minimum atomic E-state index is -0.610. The summed E-state index contributed by atoms with van der Waals surface area (Å²) in [6.45, 7) is 3.51. The summed E-state index contributed by atoms with van der Waals surface area (Å²) in [4.78, 5) is 0. The molecule has 0 saturated heterocycles. The summed E-state index contributed by atoms with van der Waals surface area (Å²) in [6, 6.07) is 9.87. The molecule has 3 heteroatoms. The minimum Gasteiger partial charge on any atom is -0.207 e. The van der Waals surface area contributed by atoms with Crippen LogP contribution in [0, 0.1) is 25.5 Å². The topological polar surface area (TPSA) is 0 Å². The van der Waals surface area contributed by atoms with Crippen molar-refractivity contribution in [2.45, 2.75) is 19.2 Å². The molecule has 0 bridgehead atoms. The summed E-state index contributed by atoms with van der Waals surface area (Å²) in [5.74, 6) is -1.16. The van der Waals surface area contributed by atoms with Gasteiger partial charge in [0.2, 0.25) is 0 Å². The van der Waals surface area contributed by atoms with Crippen LogP contribution in [0.3, 0.4) is 0 Å². The molecule has 0 N–H and O–H groups in total. The molecule has 0 radical (unpaired) electrons. The SMILES string of the molecule is Cc1cc(C(Cl)c2ccccc2C)c(F)cc1F. The van der Waals surface area contributed by atoms with Gasteiger partial charge < -0.3 is 0 Å². The highest BCUT2D eigenvalue weighted by atomic mass is 35.5. The van der Waals surface area contributed by atoms with Gasteiger partial charge in [-0.05, 0) is 36.6 Å². The Morgan fingerprint density at radius 3 is 2.22 bits per heavy atom. The third kappa shape index (κ3) is 2.39. The van der Waals surface area contributed by atoms with Crippen molar-refractivity contribution in [3.63, 3.8) is 0 Å². The summed E-state index contributed by atoms with van der Waals surface area (Å²) in [5, 5.41) is -0.606. The molecule has 0 spiro atoms. The molecular weight excluding hydrogens is 254 g/mol. The van der Waals surface area contributed by atoms with Crippen molar-refractivity contribution in [1.82, 2.24) is 0 Å². The van der Waals surface area contributed by atoms with Crippen LogP contribution in [0.4, 0.5) is 8.78 Å². The fourth-order valence-corrected chi connectivity index (χ4v) is 2.32. The molecule has 2 rings (SSSR count). The van der Waals surface area contributed by atoms with Crippen molar-refractivity contribution in [1.29, 1.82) is 0 Å². The Labute approximate surface area is 110 Å². The Kier molecular flexibility index (Phi) is 3.67. The van der Waals surface area contributed by atoms with Crippen LogP contribution in [0.5, 0.6) is 0 Å². The number of benzene rings is 2. The van der Waals surface area contributed by atoms with Crippen LogP contribution in [-0.2, 0) is 0 Å². The smallest absolute Gasteiger partial charge is 0.131 e. The van der Waals surface area contributed by atoms with E-state index < -0.39 is 17.0 Å². The van der Waals surface area contributed by atoms with Crippen LogP contribution in [-0.4, -0.2) is 0 Å². The number of hydrogen-bond donors (Lipinski definition) is 0. The van der Waals surface area contributed by atoms with Crippen molar-refractivity contribution >= 4 is 11.6 Å². The van der Waals surface area contributed by atoms with Crippen LogP contribution in [0.1, 0.15) is 27.6 Å². The van der Waals surface area contributed by atoms with Crippen molar-refractivity contribution in [2.24, 2.45) is 0 Å². The molecule has 1 atom stereocenters. The number of halogens is 3. The lowest BCUT2D eigenvalue weighted by molar-refractivity contribution is 0.568. The van der Waals surface area contributed by atoms with E-state index in [1.54, 1.807) is 6.92 Å². The van der Waals surface area contributed by atoms with E-state index in [0.29, 0.717) is 11.1 Å². The van der Waals surface area contributed by atoms with E-state index in [2.05, 4.69) is 0 Å². The molecule has 1 unspecified atom stereocenters. The molecule has 94 valence electrons. The van der Waals surface area contributed by atoms with E-state index in [1.807, 2.05) is 31.2 Å². The summed E-state index contributed by atoms with van der Waals surface area (Å²) in [7, 11) is 0. The first-order valence-electron chi connectivity index (χ1n) is 5.66. The fraction of sp³-hybridized carbons (Fsp3) is 0.200. The number of aryl methyl sites for hydroxylation is 2. The Morgan fingerprint density at radius 1 is 0.889 bits per heavy atom. The molecule has 0 aromatic heterocycles. The van der Waals surface area contributed by atoms with Gasteiger partial charge in [0.05, 0.1) is 5.38 Å². The number of alkyl halides is 1. The molecule has 0 aliphatic rings. The predicted octanol–water partition coefficient (Wildman–Crippen LogP) is 4.91. The Balaban J connectivity index is 2.50. The molecule has 0 saturated carbocycles. The van der Waals surface area contributed by atoms with E-state index in [4.69, 9.17) is 11.6 Å². The van der Waals surface area contributed by atoms with E-state index >= 15 is 0 Å². The van der Waals surface area contributed by atoms with Crippen molar-refractivity contribution in [3.8, 4) is 0 Å². The highest BCUT2D eigenvalue weighted by Gasteiger charge is 2.18. The fourth-order valence-electron chi connectivity index (χ4n) is 1.91. The van der Waals surface area contributed by atoms with Crippen LogP contribution < -0.4 is 0 Å². The first kappa shape index (κ1) is 13.0. The Bertz CT molecular complexity index is 579. The van der Waals surface area contributed by atoms with E-state index in [-0.39, 0.29) is 0 Å². The van der Waals surface area contributed by atoms with Gasteiger partial charge >= 0.3 is 0 Å². The van der Waals surface area contributed by atoms with Crippen molar-refractivity contribution in [2.75, 3.05) is 0 Å². The maximum absolute atomic E-state index is 13.8. The van der Waals surface area contributed by atoms with Gasteiger partial charge in [0.1, 0.15) is 11.6 Å². The van der Waals surface area contributed by atoms with Gasteiger partial charge in [-0.1, -0.05) is 24.3 Å². The third-order valence-electron chi connectivity index (χ3n) is 3.01. The molecule has 18 heavy (non-hydrogen) atoms. The second kappa shape index (κ2) is 5.07. The zero-order valence-corrected chi connectivity index (χ0v) is 10.9. The molecule has 0 nitrogen and oxygen atoms in total. The number of hydrogen-bond acceptors (Lipinski definition) is 0. The van der Waals surface area contributed by atoms with Gasteiger partial charge in [-0.2, -0.15) is 0 Å². The molecule has 0 aliphatic heterocycles. The zero-order valence-electron chi connectivity index (χ0n) is 10.2. The lowest BCUT2D eigenvalue weighted by Gasteiger charge is -2.14. The highest BCUT2D eigenvalue weighted by Crippen LogP contribution is 2.33. The van der Waals surface area contributed by atoms with Gasteiger partial charge in [0.15, 0.2) is 0 Å². The van der Waals surface area contributed by atoms with E-state index in [1.165, 1.54) is 6.07 Å². The summed E-state index contributed by atoms with van der Waals surface area (Å²) >= 11 is 6.30.